The summed E-state index contributed by atoms with van der Waals surface area (Å²) in [4.78, 5) is 33.8. The number of aromatic amines is 1. The van der Waals surface area contributed by atoms with Gasteiger partial charge in [0.2, 0.25) is 11.8 Å². The molecular weight excluding hydrogens is 413 g/mol. The molecule has 1 fully saturated rings. The molecule has 3 aromatic rings. The maximum atomic E-state index is 13.5. The van der Waals surface area contributed by atoms with Gasteiger partial charge in [0.1, 0.15) is 11.9 Å². The highest BCUT2D eigenvalue weighted by Gasteiger charge is 2.36. The van der Waals surface area contributed by atoms with Crippen LogP contribution in [0.3, 0.4) is 0 Å². The lowest BCUT2D eigenvalue weighted by Crippen LogP contribution is -2.49. The number of rotatable bonds is 4. The Morgan fingerprint density at radius 1 is 1.23 bits per heavy atom. The minimum Gasteiger partial charge on any atom is -0.360 e. The summed E-state index contributed by atoms with van der Waals surface area (Å²) in [6, 6.07) is 8.33. The van der Waals surface area contributed by atoms with Gasteiger partial charge in [0.05, 0.1) is 6.42 Å². The van der Waals surface area contributed by atoms with E-state index < -0.39 is 0 Å². The Morgan fingerprint density at radius 2 is 2.13 bits per heavy atom. The Labute approximate surface area is 184 Å². The molecule has 7 heteroatoms. The maximum Gasteiger partial charge on any atom is 0.245 e. The summed E-state index contributed by atoms with van der Waals surface area (Å²) in [6.07, 6.45) is 6.71. The van der Waals surface area contributed by atoms with Crippen LogP contribution in [0.2, 0.25) is 0 Å². The van der Waals surface area contributed by atoms with Crippen LogP contribution in [0.1, 0.15) is 29.7 Å². The van der Waals surface area contributed by atoms with E-state index in [2.05, 4.69) is 11.1 Å². The van der Waals surface area contributed by atoms with E-state index in [9.17, 15) is 14.0 Å². The third-order valence-corrected chi connectivity index (χ3v) is 7.15. The number of thiophene rings is 1. The number of likely N-dealkylation sites (tertiary alicyclic amines) is 1. The number of fused-ring (bicyclic) bond motifs is 1. The number of carbonyl (C=O) groups is 2. The molecule has 0 spiro atoms. The van der Waals surface area contributed by atoms with Crippen LogP contribution in [0.4, 0.5) is 4.39 Å². The highest BCUT2D eigenvalue weighted by atomic mass is 32.1. The van der Waals surface area contributed by atoms with Crippen molar-refractivity contribution in [3.05, 3.63) is 64.2 Å². The quantitative estimate of drug-likeness (QED) is 0.665. The summed E-state index contributed by atoms with van der Waals surface area (Å²) in [5, 5.41) is 2.96. The van der Waals surface area contributed by atoms with Crippen molar-refractivity contribution >= 4 is 39.6 Å². The lowest BCUT2D eigenvalue weighted by atomic mass is 9.98. The first kappa shape index (κ1) is 20.0. The van der Waals surface area contributed by atoms with Crippen LogP contribution in [0.25, 0.3) is 16.5 Å². The van der Waals surface area contributed by atoms with Crippen molar-refractivity contribution in [2.45, 2.75) is 31.7 Å². The zero-order valence-corrected chi connectivity index (χ0v) is 18.0. The van der Waals surface area contributed by atoms with E-state index in [1.54, 1.807) is 22.3 Å². The number of nitrogens with zero attached hydrogens (tertiary/aromatic N) is 2. The van der Waals surface area contributed by atoms with Crippen molar-refractivity contribution in [2.75, 3.05) is 19.6 Å². The van der Waals surface area contributed by atoms with Crippen molar-refractivity contribution in [3.8, 4) is 0 Å². The van der Waals surface area contributed by atoms with E-state index in [1.165, 1.54) is 17.7 Å². The average molecular weight is 438 g/mol. The van der Waals surface area contributed by atoms with E-state index in [4.69, 9.17) is 0 Å². The largest absolute Gasteiger partial charge is 0.360 e. The van der Waals surface area contributed by atoms with Gasteiger partial charge in [0.15, 0.2) is 0 Å². The first-order chi connectivity index (χ1) is 15.1. The molecule has 1 saturated heterocycles. The number of hydrogen-bond acceptors (Lipinski definition) is 3. The molecule has 1 unspecified atom stereocenters. The molecule has 5 nitrogen and oxygen atoms in total. The highest BCUT2D eigenvalue weighted by Crippen LogP contribution is 2.30. The van der Waals surface area contributed by atoms with Gasteiger partial charge >= 0.3 is 0 Å². The van der Waals surface area contributed by atoms with E-state index in [-0.39, 0.29) is 23.7 Å². The highest BCUT2D eigenvalue weighted by molar-refractivity contribution is 7.10. The molecule has 0 aliphatic carbocycles. The first-order valence-electron chi connectivity index (χ1n) is 10.7. The Hall–Kier alpha value is -2.93. The third kappa shape index (κ3) is 3.90. The predicted molar refractivity (Wildman–Crippen MR) is 120 cm³/mol. The summed E-state index contributed by atoms with van der Waals surface area (Å²) >= 11 is 1.57. The number of halogens is 1. The lowest BCUT2D eigenvalue weighted by molar-refractivity contribution is -0.143. The van der Waals surface area contributed by atoms with Gasteiger partial charge in [0, 0.05) is 47.2 Å². The second-order valence-corrected chi connectivity index (χ2v) is 9.19. The molecule has 31 heavy (non-hydrogen) atoms. The minimum absolute atomic E-state index is 0.0394. The van der Waals surface area contributed by atoms with Crippen LogP contribution < -0.4 is 0 Å². The topological polar surface area (TPSA) is 56.4 Å². The molecule has 2 aliphatic heterocycles. The van der Waals surface area contributed by atoms with E-state index in [1.807, 2.05) is 28.6 Å². The van der Waals surface area contributed by atoms with Crippen molar-refractivity contribution in [1.29, 1.82) is 0 Å². The number of nitrogens with one attached hydrogen (secondary N) is 1. The minimum atomic E-state index is -0.349. The molecule has 2 amide bonds. The molecule has 0 radical (unpaired) electrons. The Kier molecular flexibility index (Phi) is 5.36. The molecule has 1 N–H and O–H groups in total. The molecule has 2 aromatic heterocycles. The first-order valence-corrected chi connectivity index (χ1v) is 11.5. The average Bonchev–Trinajstić information content (AvgIpc) is 3.53. The number of H-pyrrole nitrogens is 1. The molecule has 160 valence electrons. The number of carbonyl (C=O) groups excluding carboxylic acids is 2. The second-order valence-electron chi connectivity index (χ2n) is 8.16. The zero-order valence-electron chi connectivity index (χ0n) is 17.1. The number of hydrogen-bond donors (Lipinski definition) is 1. The van der Waals surface area contributed by atoms with E-state index >= 15 is 0 Å². The Balaban J connectivity index is 1.27. The molecule has 1 atom stereocenters. The molecule has 2 aliphatic rings. The van der Waals surface area contributed by atoms with Gasteiger partial charge in [-0.05, 0) is 54.5 Å². The molecule has 4 heterocycles. The zero-order chi connectivity index (χ0) is 21.4. The van der Waals surface area contributed by atoms with Gasteiger partial charge in [0.25, 0.3) is 0 Å². The lowest BCUT2D eigenvalue weighted by Gasteiger charge is -2.32. The standard InChI is InChI=1S/C24H24FN3O2S/c25-17-5-6-19-20(15-26-21(19)13-17)16-7-10-27(11-8-16)24(30)22-4-1-9-28(22)23(29)14-18-3-2-12-31-18/h2-3,5-7,12-13,15,22,26H,1,4,8-11,14H2. The van der Waals surface area contributed by atoms with Crippen LogP contribution in [0.15, 0.2) is 48.0 Å². The second kappa shape index (κ2) is 8.30. The third-order valence-electron chi connectivity index (χ3n) is 6.27. The fourth-order valence-electron chi connectivity index (χ4n) is 4.67. The number of amides is 2. The van der Waals surface area contributed by atoms with Crippen LogP contribution in [-0.4, -0.2) is 52.3 Å². The Morgan fingerprint density at radius 3 is 2.90 bits per heavy atom. The summed E-state index contributed by atoms with van der Waals surface area (Å²) in [5.74, 6) is -0.170. The van der Waals surface area contributed by atoms with Gasteiger partial charge in [-0.1, -0.05) is 12.1 Å². The van der Waals surface area contributed by atoms with Crippen LogP contribution in [0, 0.1) is 5.82 Å². The summed E-state index contributed by atoms with van der Waals surface area (Å²) in [7, 11) is 0. The molecule has 0 saturated carbocycles. The fourth-order valence-corrected chi connectivity index (χ4v) is 5.37. The monoisotopic (exact) mass is 437 g/mol. The van der Waals surface area contributed by atoms with Gasteiger partial charge in [-0.3, -0.25) is 9.59 Å². The Bertz CT molecular complexity index is 1150. The van der Waals surface area contributed by atoms with Gasteiger partial charge in [-0.25, -0.2) is 4.39 Å². The predicted octanol–water partition coefficient (Wildman–Crippen LogP) is 4.22. The fraction of sp³-hybridized carbons (Fsp3) is 0.333. The molecule has 5 rings (SSSR count). The number of aromatic nitrogens is 1. The van der Waals surface area contributed by atoms with Gasteiger partial charge in [-0.2, -0.15) is 0 Å². The van der Waals surface area contributed by atoms with Crippen molar-refractivity contribution in [1.82, 2.24) is 14.8 Å². The SMILES string of the molecule is O=C(C1CCCN1C(=O)Cc1cccs1)N1CC=C(c2c[nH]c3cc(F)ccc23)CC1. The number of benzene rings is 1. The normalized spacial score (nSPS) is 19.1. The molecule has 1 aromatic carbocycles. The van der Waals surface area contributed by atoms with Crippen molar-refractivity contribution in [2.24, 2.45) is 0 Å². The molecule has 0 bridgehead atoms. The summed E-state index contributed by atoms with van der Waals surface area (Å²) in [5.41, 5.74) is 3.01. The van der Waals surface area contributed by atoms with E-state index in [0.29, 0.717) is 26.1 Å². The van der Waals surface area contributed by atoms with Crippen molar-refractivity contribution in [3.63, 3.8) is 0 Å². The van der Waals surface area contributed by atoms with Crippen LogP contribution >= 0.6 is 11.3 Å². The molecular formula is C24H24FN3O2S. The van der Waals surface area contributed by atoms with E-state index in [0.717, 1.165) is 40.6 Å². The van der Waals surface area contributed by atoms with Crippen LogP contribution in [-0.2, 0) is 16.0 Å². The van der Waals surface area contributed by atoms with Gasteiger partial charge in [-0.15, -0.1) is 11.3 Å². The smallest absolute Gasteiger partial charge is 0.245 e. The van der Waals surface area contributed by atoms with Gasteiger partial charge < -0.3 is 14.8 Å². The summed E-state index contributed by atoms with van der Waals surface area (Å²) < 4.78 is 13.5. The van der Waals surface area contributed by atoms with Crippen molar-refractivity contribution < 1.29 is 14.0 Å². The summed E-state index contributed by atoms with van der Waals surface area (Å²) in [6.45, 7) is 1.81. The van der Waals surface area contributed by atoms with Crippen LogP contribution in [0.5, 0.6) is 0 Å². The maximum absolute atomic E-state index is 13.5.